The third-order valence-corrected chi connectivity index (χ3v) is 2.42. The van der Waals surface area contributed by atoms with Crippen LogP contribution in [0.3, 0.4) is 0 Å². The molecule has 0 aliphatic rings. The molecule has 0 amide bonds. The number of benzene rings is 2. The predicted octanol–water partition coefficient (Wildman–Crippen LogP) is 4.22. The normalized spacial score (nSPS) is 10.6. The summed E-state index contributed by atoms with van der Waals surface area (Å²) in [6, 6.07) is 13.1. The molecule has 0 bridgehead atoms. The first-order chi connectivity index (χ1) is 9.13. The maximum Gasteiger partial charge on any atom is 0.152 e. The molecular weight excluding hydrogens is 243 g/mol. The van der Waals surface area contributed by atoms with E-state index in [-0.39, 0.29) is 11.6 Å². The number of halogens is 1. The summed E-state index contributed by atoms with van der Waals surface area (Å²) in [6.45, 7) is 1.50. The lowest BCUT2D eigenvalue weighted by Crippen LogP contribution is -1.85. The highest BCUT2D eigenvalue weighted by Gasteiger charge is 1.98. The van der Waals surface area contributed by atoms with Crippen LogP contribution in [0.15, 0.2) is 54.6 Å². The molecule has 0 aromatic heterocycles. The van der Waals surface area contributed by atoms with Crippen LogP contribution in [0.4, 0.5) is 4.39 Å². The van der Waals surface area contributed by atoms with Gasteiger partial charge in [0, 0.05) is 0 Å². The number of hydrogen-bond donors (Lipinski definition) is 0. The summed E-state index contributed by atoms with van der Waals surface area (Å²) in [4.78, 5) is 10.9. The van der Waals surface area contributed by atoms with Crippen LogP contribution >= 0.6 is 0 Å². The summed E-state index contributed by atoms with van der Waals surface area (Å²) in [7, 11) is 0. The van der Waals surface area contributed by atoms with Gasteiger partial charge in [-0.3, -0.25) is 4.79 Å². The minimum absolute atomic E-state index is 0.00939. The zero-order valence-corrected chi connectivity index (χ0v) is 10.5. The van der Waals surface area contributed by atoms with Gasteiger partial charge in [0.2, 0.25) is 0 Å². The van der Waals surface area contributed by atoms with Crippen molar-refractivity contribution in [1.82, 2.24) is 0 Å². The van der Waals surface area contributed by atoms with Gasteiger partial charge in [-0.05, 0) is 55.0 Å². The van der Waals surface area contributed by atoms with Crippen molar-refractivity contribution in [3.8, 4) is 11.5 Å². The molecule has 0 aliphatic heterocycles. The highest BCUT2D eigenvalue weighted by Crippen LogP contribution is 2.22. The van der Waals surface area contributed by atoms with Crippen molar-refractivity contribution in [1.29, 1.82) is 0 Å². The van der Waals surface area contributed by atoms with Crippen molar-refractivity contribution in [2.45, 2.75) is 6.92 Å². The average molecular weight is 256 g/mol. The molecular formula is C16H13FO2. The van der Waals surface area contributed by atoms with Gasteiger partial charge in [0.1, 0.15) is 17.3 Å². The average Bonchev–Trinajstić information content (AvgIpc) is 2.40. The number of carbonyl (C=O) groups is 1. The lowest BCUT2D eigenvalue weighted by molar-refractivity contribution is -0.112. The summed E-state index contributed by atoms with van der Waals surface area (Å²) in [6.07, 6.45) is 3.22. The number of ether oxygens (including phenoxy) is 1. The number of rotatable bonds is 4. The lowest BCUT2D eigenvalue weighted by atomic mass is 10.2. The molecule has 0 N–H and O–H groups in total. The molecule has 0 radical (unpaired) electrons. The van der Waals surface area contributed by atoms with Crippen LogP contribution in [0.2, 0.25) is 0 Å². The Labute approximate surface area is 111 Å². The second-order valence-electron chi connectivity index (χ2n) is 4.07. The summed E-state index contributed by atoms with van der Waals surface area (Å²) in [5.41, 5.74) is 0.870. The minimum Gasteiger partial charge on any atom is -0.457 e. The Bertz CT molecular complexity index is 600. The van der Waals surface area contributed by atoms with E-state index in [1.165, 1.54) is 25.1 Å². The Morgan fingerprint density at radius 3 is 2.53 bits per heavy atom. The molecule has 2 nitrogen and oxygen atoms in total. The standard InChI is InChI=1S/C16H13FO2/c1-12(18)5-6-13-3-2-4-16(11-13)19-15-9-7-14(17)8-10-15/h2-11H,1H3. The van der Waals surface area contributed by atoms with Gasteiger partial charge in [-0.1, -0.05) is 18.2 Å². The summed E-state index contributed by atoms with van der Waals surface area (Å²) in [5.74, 6) is 0.891. The second-order valence-corrected chi connectivity index (χ2v) is 4.07. The first-order valence-electron chi connectivity index (χ1n) is 5.85. The Morgan fingerprint density at radius 1 is 1.11 bits per heavy atom. The number of carbonyl (C=O) groups excluding carboxylic acids is 1. The van der Waals surface area contributed by atoms with Crippen LogP contribution in [0.25, 0.3) is 6.08 Å². The Morgan fingerprint density at radius 2 is 1.84 bits per heavy atom. The van der Waals surface area contributed by atoms with Gasteiger partial charge < -0.3 is 4.74 Å². The zero-order chi connectivity index (χ0) is 13.7. The maximum atomic E-state index is 12.8. The molecule has 2 aromatic rings. The van der Waals surface area contributed by atoms with E-state index < -0.39 is 0 Å². The minimum atomic E-state index is -0.300. The molecule has 2 aromatic carbocycles. The zero-order valence-electron chi connectivity index (χ0n) is 10.5. The predicted molar refractivity (Wildman–Crippen MR) is 72.6 cm³/mol. The Hall–Kier alpha value is -2.42. The highest BCUT2D eigenvalue weighted by molar-refractivity contribution is 5.91. The number of ketones is 1. The molecule has 0 saturated carbocycles. The first-order valence-corrected chi connectivity index (χ1v) is 5.85. The second kappa shape index (κ2) is 5.96. The monoisotopic (exact) mass is 256 g/mol. The number of allylic oxidation sites excluding steroid dienone is 1. The molecule has 0 spiro atoms. The van der Waals surface area contributed by atoms with E-state index in [1.807, 2.05) is 18.2 Å². The van der Waals surface area contributed by atoms with E-state index in [2.05, 4.69) is 0 Å². The number of hydrogen-bond acceptors (Lipinski definition) is 2. The molecule has 19 heavy (non-hydrogen) atoms. The summed E-state index contributed by atoms with van der Waals surface area (Å²) in [5, 5.41) is 0. The molecule has 0 saturated heterocycles. The van der Waals surface area contributed by atoms with E-state index >= 15 is 0 Å². The van der Waals surface area contributed by atoms with E-state index in [1.54, 1.807) is 24.3 Å². The van der Waals surface area contributed by atoms with Crippen LogP contribution < -0.4 is 4.74 Å². The van der Waals surface area contributed by atoms with Gasteiger partial charge in [0.25, 0.3) is 0 Å². The molecule has 0 aliphatic carbocycles. The molecule has 0 fully saturated rings. The van der Waals surface area contributed by atoms with Crippen LogP contribution in [0.1, 0.15) is 12.5 Å². The topological polar surface area (TPSA) is 26.3 Å². The summed E-state index contributed by atoms with van der Waals surface area (Å²) < 4.78 is 18.4. The van der Waals surface area contributed by atoms with E-state index in [0.717, 1.165) is 5.56 Å². The van der Waals surface area contributed by atoms with Gasteiger partial charge in [0.05, 0.1) is 0 Å². The third kappa shape index (κ3) is 4.07. The van der Waals surface area contributed by atoms with Crippen LogP contribution in [-0.4, -0.2) is 5.78 Å². The Balaban J connectivity index is 2.15. The molecule has 3 heteroatoms. The molecule has 96 valence electrons. The van der Waals surface area contributed by atoms with Crippen molar-refractivity contribution in [2.75, 3.05) is 0 Å². The summed E-state index contributed by atoms with van der Waals surface area (Å²) >= 11 is 0. The fraction of sp³-hybridized carbons (Fsp3) is 0.0625. The van der Waals surface area contributed by atoms with E-state index in [0.29, 0.717) is 11.5 Å². The molecule has 2 rings (SSSR count). The molecule has 0 heterocycles. The SMILES string of the molecule is CC(=O)C=Cc1cccc(Oc2ccc(F)cc2)c1. The fourth-order valence-corrected chi connectivity index (χ4v) is 1.53. The van der Waals surface area contributed by atoms with Gasteiger partial charge in [-0.15, -0.1) is 0 Å². The smallest absolute Gasteiger partial charge is 0.152 e. The van der Waals surface area contributed by atoms with Gasteiger partial charge in [-0.25, -0.2) is 4.39 Å². The van der Waals surface area contributed by atoms with Crippen LogP contribution in [0, 0.1) is 5.82 Å². The molecule has 0 unspecified atom stereocenters. The van der Waals surface area contributed by atoms with Crippen molar-refractivity contribution >= 4 is 11.9 Å². The van der Waals surface area contributed by atoms with E-state index in [9.17, 15) is 9.18 Å². The third-order valence-electron chi connectivity index (χ3n) is 2.42. The van der Waals surface area contributed by atoms with Gasteiger partial charge in [0.15, 0.2) is 5.78 Å². The van der Waals surface area contributed by atoms with Crippen LogP contribution in [0.5, 0.6) is 11.5 Å². The Kier molecular flexibility index (Phi) is 4.08. The van der Waals surface area contributed by atoms with Crippen molar-refractivity contribution in [3.63, 3.8) is 0 Å². The molecule has 0 atom stereocenters. The van der Waals surface area contributed by atoms with Crippen molar-refractivity contribution in [2.24, 2.45) is 0 Å². The van der Waals surface area contributed by atoms with Crippen molar-refractivity contribution < 1.29 is 13.9 Å². The largest absolute Gasteiger partial charge is 0.457 e. The fourth-order valence-electron chi connectivity index (χ4n) is 1.53. The first kappa shape index (κ1) is 13.0. The van der Waals surface area contributed by atoms with Crippen LogP contribution in [-0.2, 0) is 4.79 Å². The van der Waals surface area contributed by atoms with Crippen molar-refractivity contribution in [3.05, 3.63) is 66.0 Å². The maximum absolute atomic E-state index is 12.8. The van der Waals surface area contributed by atoms with Gasteiger partial charge >= 0.3 is 0 Å². The lowest BCUT2D eigenvalue weighted by Gasteiger charge is -2.06. The quantitative estimate of drug-likeness (QED) is 0.765. The highest BCUT2D eigenvalue weighted by atomic mass is 19.1. The van der Waals surface area contributed by atoms with E-state index in [4.69, 9.17) is 4.74 Å². The van der Waals surface area contributed by atoms with Gasteiger partial charge in [-0.2, -0.15) is 0 Å².